The van der Waals surface area contributed by atoms with Gasteiger partial charge in [-0.3, -0.25) is 0 Å². The molecule has 5 unspecified atom stereocenters. The first kappa shape index (κ1) is 25.6. The van der Waals surface area contributed by atoms with E-state index >= 15 is 0 Å². The van der Waals surface area contributed by atoms with Crippen molar-refractivity contribution in [2.24, 2.45) is 23.7 Å². The molecule has 2 aliphatic heterocycles. The highest BCUT2D eigenvalue weighted by atomic mass is 32.2. The van der Waals surface area contributed by atoms with Crippen molar-refractivity contribution in [3.8, 4) is 11.3 Å². The Morgan fingerprint density at radius 2 is 2.03 bits per heavy atom. The standard InChI is InChI=1S/C27H37N3O5S/c1-4-24-29-13-23(34-24)18-6-8-20(9-7-18)36-30(14-17(2)3)11-5-10-28-27(31)35-25-19-12-21-22(25)16-33-26(21)32-15-19/h6-9,13,17,19,21-22,25-26H,4-5,10-12,14-16H2,1-3H3,(H,28,31). The Morgan fingerprint density at radius 3 is 2.78 bits per heavy atom. The molecule has 0 radical (unpaired) electrons. The van der Waals surface area contributed by atoms with Gasteiger partial charge in [0.1, 0.15) is 6.10 Å². The SMILES string of the molecule is CCc1ncc(-c2ccc(SN(CCCNC(=O)OC3C4COC5OCC3C5C4)CC(C)C)cc2)o1. The Balaban J connectivity index is 1.07. The minimum atomic E-state index is -0.326. The van der Waals surface area contributed by atoms with Gasteiger partial charge in [-0.25, -0.2) is 14.1 Å². The van der Waals surface area contributed by atoms with E-state index in [4.69, 9.17) is 18.6 Å². The first-order valence-electron chi connectivity index (χ1n) is 13.2. The Hall–Kier alpha value is -2.07. The number of fused-ring (bicyclic) bond motifs is 1. The number of carbonyl (C=O) groups is 1. The van der Waals surface area contributed by atoms with Crippen LogP contribution in [0.1, 0.15) is 39.5 Å². The van der Waals surface area contributed by atoms with E-state index in [1.54, 1.807) is 18.1 Å². The molecule has 2 saturated heterocycles. The second kappa shape index (κ2) is 11.5. The van der Waals surface area contributed by atoms with Crippen LogP contribution in [0.2, 0.25) is 0 Å². The number of benzene rings is 1. The monoisotopic (exact) mass is 515 g/mol. The van der Waals surface area contributed by atoms with E-state index in [0.717, 1.165) is 49.6 Å². The summed E-state index contributed by atoms with van der Waals surface area (Å²) >= 11 is 1.75. The summed E-state index contributed by atoms with van der Waals surface area (Å²) in [4.78, 5) is 18.0. The lowest BCUT2D eigenvalue weighted by molar-refractivity contribution is -0.169. The van der Waals surface area contributed by atoms with E-state index in [9.17, 15) is 4.79 Å². The van der Waals surface area contributed by atoms with Crippen LogP contribution < -0.4 is 5.32 Å². The van der Waals surface area contributed by atoms with E-state index in [2.05, 4.69) is 52.7 Å². The highest BCUT2D eigenvalue weighted by Crippen LogP contribution is 2.49. The van der Waals surface area contributed by atoms with E-state index in [1.807, 2.05) is 6.92 Å². The minimum Gasteiger partial charge on any atom is -0.445 e. The molecule has 3 aliphatic rings. The Bertz CT molecular complexity index is 1010. The zero-order chi connectivity index (χ0) is 25.1. The van der Waals surface area contributed by atoms with Gasteiger partial charge in [-0.15, -0.1) is 0 Å². The molecule has 3 heterocycles. The summed E-state index contributed by atoms with van der Waals surface area (Å²) in [5.41, 5.74) is 1.03. The molecule has 2 aromatic rings. The lowest BCUT2D eigenvalue weighted by atomic mass is 9.98. The quantitative estimate of drug-likeness (QED) is 0.331. The van der Waals surface area contributed by atoms with Gasteiger partial charge in [0.05, 0.1) is 19.4 Å². The van der Waals surface area contributed by atoms with Gasteiger partial charge in [0, 0.05) is 54.3 Å². The smallest absolute Gasteiger partial charge is 0.407 e. The molecule has 1 aliphatic carbocycles. The van der Waals surface area contributed by atoms with Crippen molar-refractivity contribution >= 4 is 18.0 Å². The summed E-state index contributed by atoms with van der Waals surface area (Å²) < 4.78 is 25.4. The number of rotatable bonds is 11. The largest absolute Gasteiger partial charge is 0.445 e. The van der Waals surface area contributed by atoms with Crippen molar-refractivity contribution in [3.05, 3.63) is 36.4 Å². The molecule has 8 nitrogen and oxygen atoms in total. The number of aryl methyl sites for hydroxylation is 1. The topological polar surface area (TPSA) is 86.1 Å². The molecule has 1 saturated carbocycles. The van der Waals surface area contributed by atoms with Gasteiger partial charge in [-0.05, 0) is 42.8 Å². The van der Waals surface area contributed by atoms with Gasteiger partial charge in [0.15, 0.2) is 17.9 Å². The van der Waals surface area contributed by atoms with Gasteiger partial charge >= 0.3 is 6.09 Å². The maximum absolute atomic E-state index is 12.5. The van der Waals surface area contributed by atoms with Crippen LogP contribution in [-0.2, 0) is 20.6 Å². The lowest BCUT2D eigenvalue weighted by Crippen LogP contribution is -2.37. The summed E-state index contributed by atoms with van der Waals surface area (Å²) in [5, 5.41) is 2.96. The number of amides is 1. The van der Waals surface area contributed by atoms with Crippen molar-refractivity contribution in [2.75, 3.05) is 32.8 Å². The van der Waals surface area contributed by atoms with E-state index < -0.39 is 0 Å². The second-order valence-corrected chi connectivity index (χ2v) is 11.5. The molecule has 196 valence electrons. The number of nitrogens with one attached hydrogen (secondary N) is 1. The summed E-state index contributed by atoms with van der Waals surface area (Å²) in [5.74, 6) is 3.04. The molecular weight excluding hydrogens is 478 g/mol. The summed E-state index contributed by atoms with van der Waals surface area (Å²) in [6.07, 6.45) is 3.94. The highest BCUT2D eigenvalue weighted by molar-refractivity contribution is 7.97. The normalized spacial score (nSPS) is 26.6. The van der Waals surface area contributed by atoms with Crippen molar-refractivity contribution in [3.63, 3.8) is 0 Å². The first-order chi connectivity index (χ1) is 17.5. The molecule has 1 aromatic carbocycles. The third-order valence-electron chi connectivity index (χ3n) is 7.18. The molecular formula is C27H37N3O5S. The Morgan fingerprint density at radius 1 is 1.22 bits per heavy atom. The fraction of sp³-hybridized carbons (Fsp3) is 0.630. The third kappa shape index (κ3) is 5.90. The van der Waals surface area contributed by atoms with Crippen LogP contribution in [0.3, 0.4) is 0 Å². The Kier molecular flexibility index (Phi) is 8.20. The van der Waals surface area contributed by atoms with Crippen LogP contribution in [0.5, 0.6) is 0 Å². The summed E-state index contributed by atoms with van der Waals surface area (Å²) in [7, 11) is 0. The predicted octanol–water partition coefficient (Wildman–Crippen LogP) is 4.99. The number of carbonyl (C=O) groups excluding carboxylic acids is 1. The molecule has 5 atom stereocenters. The van der Waals surface area contributed by atoms with E-state index in [0.29, 0.717) is 37.5 Å². The van der Waals surface area contributed by atoms with Crippen LogP contribution in [0, 0.1) is 23.7 Å². The molecule has 2 bridgehead atoms. The molecule has 5 rings (SSSR count). The van der Waals surface area contributed by atoms with Crippen LogP contribution in [-0.4, -0.2) is 60.6 Å². The third-order valence-corrected chi connectivity index (χ3v) is 8.26. The van der Waals surface area contributed by atoms with Gasteiger partial charge in [0.25, 0.3) is 0 Å². The number of nitrogens with zero attached hydrogens (tertiary/aromatic N) is 2. The number of hydrogen-bond donors (Lipinski definition) is 1. The van der Waals surface area contributed by atoms with E-state index in [-0.39, 0.29) is 24.4 Å². The maximum atomic E-state index is 12.5. The molecule has 9 heteroatoms. The average molecular weight is 516 g/mol. The highest BCUT2D eigenvalue weighted by Gasteiger charge is 2.56. The molecule has 1 amide bonds. The van der Waals surface area contributed by atoms with Crippen LogP contribution >= 0.6 is 11.9 Å². The number of oxazole rings is 1. The number of ether oxygens (including phenoxy) is 3. The van der Waals surface area contributed by atoms with Crippen molar-refractivity contribution < 1.29 is 23.4 Å². The summed E-state index contributed by atoms with van der Waals surface area (Å²) in [6, 6.07) is 8.40. The average Bonchev–Trinajstić information content (AvgIpc) is 3.57. The fourth-order valence-electron chi connectivity index (χ4n) is 5.48. The van der Waals surface area contributed by atoms with Crippen molar-refractivity contribution in [2.45, 2.75) is 57.3 Å². The molecule has 1 N–H and O–H groups in total. The first-order valence-corrected chi connectivity index (χ1v) is 13.9. The van der Waals surface area contributed by atoms with Gasteiger partial charge < -0.3 is 23.9 Å². The Labute approximate surface area is 217 Å². The van der Waals surface area contributed by atoms with Crippen LogP contribution in [0.4, 0.5) is 4.79 Å². The van der Waals surface area contributed by atoms with E-state index in [1.165, 1.54) is 4.90 Å². The second-order valence-electron chi connectivity index (χ2n) is 10.4. The van der Waals surface area contributed by atoms with Crippen LogP contribution in [0.25, 0.3) is 11.3 Å². The minimum absolute atomic E-state index is 0.0935. The molecule has 3 fully saturated rings. The zero-order valence-electron chi connectivity index (χ0n) is 21.4. The molecule has 1 aromatic heterocycles. The lowest BCUT2D eigenvalue weighted by Gasteiger charge is -2.27. The van der Waals surface area contributed by atoms with Gasteiger partial charge in [0.2, 0.25) is 0 Å². The fourth-order valence-corrected chi connectivity index (χ4v) is 6.63. The number of hydrogen-bond acceptors (Lipinski definition) is 8. The number of aromatic nitrogens is 1. The van der Waals surface area contributed by atoms with Crippen LogP contribution in [0.15, 0.2) is 39.8 Å². The molecule has 0 spiro atoms. The maximum Gasteiger partial charge on any atom is 0.407 e. The van der Waals surface area contributed by atoms with Gasteiger partial charge in [-0.1, -0.05) is 32.9 Å². The number of alkyl carbamates (subject to hydrolysis) is 1. The van der Waals surface area contributed by atoms with Gasteiger partial charge in [-0.2, -0.15) is 0 Å². The predicted molar refractivity (Wildman–Crippen MR) is 137 cm³/mol. The van der Waals surface area contributed by atoms with Crippen molar-refractivity contribution in [1.82, 2.24) is 14.6 Å². The summed E-state index contributed by atoms with van der Waals surface area (Å²) in [6.45, 7) is 10.1. The molecule has 36 heavy (non-hydrogen) atoms. The zero-order valence-corrected chi connectivity index (χ0v) is 22.2. The van der Waals surface area contributed by atoms with Crippen molar-refractivity contribution in [1.29, 1.82) is 0 Å².